The third kappa shape index (κ3) is 4.89. The van der Waals surface area contributed by atoms with Crippen LogP contribution in [0.2, 0.25) is 0 Å². The summed E-state index contributed by atoms with van der Waals surface area (Å²) in [5.74, 6) is -0.418. The molecule has 1 amide bonds. The first-order chi connectivity index (χ1) is 11.4. The SMILES string of the molecule is CC(C)c1noc(CCC(=O)NC(C(=O)O)c2ccc(Br)cc2)n1. The standard InChI is InChI=1S/C16H18BrN3O4/c1-9(2)15-19-13(24-20-15)8-7-12(21)18-14(16(22)23)10-3-5-11(17)6-4-10/h3-6,9,14H,7-8H2,1-2H3,(H,18,21)(H,22,23). The number of aryl methyl sites for hydroxylation is 1. The van der Waals surface area contributed by atoms with Crippen LogP contribution in [0.15, 0.2) is 33.3 Å². The molecule has 1 aromatic carbocycles. The van der Waals surface area contributed by atoms with Gasteiger partial charge < -0.3 is 14.9 Å². The van der Waals surface area contributed by atoms with Crippen LogP contribution >= 0.6 is 15.9 Å². The fourth-order valence-electron chi connectivity index (χ4n) is 2.00. The van der Waals surface area contributed by atoms with Gasteiger partial charge in [-0.1, -0.05) is 47.1 Å². The first-order valence-corrected chi connectivity index (χ1v) is 8.26. The van der Waals surface area contributed by atoms with Gasteiger partial charge in [0.2, 0.25) is 11.8 Å². The van der Waals surface area contributed by atoms with Gasteiger partial charge in [0.1, 0.15) is 0 Å². The number of amides is 1. The number of halogens is 1. The molecule has 128 valence electrons. The van der Waals surface area contributed by atoms with Crippen molar-refractivity contribution in [3.05, 3.63) is 46.0 Å². The number of rotatable bonds is 7. The Hall–Kier alpha value is -2.22. The van der Waals surface area contributed by atoms with Crippen LogP contribution in [0, 0.1) is 0 Å². The van der Waals surface area contributed by atoms with Gasteiger partial charge in [-0.15, -0.1) is 0 Å². The topological polar surface area (TPSA) is 105 Å². The minimum atomic E-state index is -1.12. The molecule has 0 bridgehead atoms. The van der Waals surface area contributed by atoms with Crippen molar-refractivity contribution in [1.29, 1.82) is 0 Å². The molecule has 0 aliphatic rings. The summed E-state index contributed by atoms with van der Waals surface area (Å²) in [5.41, 5.74) is 0.499. The predicted octanol–water partition coefficient (Wildman–Crippen LogP) is 2.83. The number of nitrogens with one attached hydrogen (secondary N) is 1. The Bertz CT molecular complexity index is 712. The molecule has 0 saturated heterocycles. The van der Waals surface area contributed by atoms with Crippen LogP contribution < -0.4 is 5.32 Å². The second-order valence-electron chi connectivity index (χ2n) is 5.59. The molecule has 0 saturated carbocycles. The lowest BCUT2D eigenvalue weighted by atomic mass is 10.1. The van der Waals surface area contributed by atoms with Crippen LogP contribution in [-0.2, 0) is 16.0 Å². The van der Waals surface area contributed by atoms with E-state index in [0.29, 0.717) is 17.3 Å². The molecular weight excluding hydrogens is 378 g/mol. The van der Waals surface area contributed by atoms with E-state index in [-0.39, 0.29) is 18.8 Å². The summed E-state index contributed by atoms with van der Waals surface area (Å²) < 4.78 is 5.90. The summed E-state index contributed by atoms with van der Waals surface area (Å²) in [6.07, 6.45) is 0.332. The maximum Gasteiger partial charge on any atom is 0.330 e. The van der Waals surface area contributed by atoms with E-state index in [4.69, 9.17) is 4.52 Å². The largest absolute Gasteiger partial charge is 0.479 e. The van der Waals surface area contributed by atoms with Crippen molar-refractivity contribution >= 4 is 27.8 Å². The second kappa shape index (κ2) is 8.05. The van der Waals surface area contributed by atoms with Gasteiger partial charge in [-0.05, 0) is 17.7 Å². The lowest BCUT2D eigenvalue weighted by Gasteiger charge is -2.14. The van der Waals surface area contributed by atoms with Gasteiger partial charge in [-0.2, -0.15) is 4.98 Å². The third-order valence-corrected chi connectivity index (χ3v) is 3.85. The van der Waals surface area contributed by atoms with Crippen LogP contribution in [0.25, 0.3) is 0 Å². The van der Waals surface area contributed by atoms with E-state index < -0.39 is 17.9 Å². The van der Waals surface area contributed by atoms with E-state index in [1.807, 2.05) is 13.8 Å². The van der Waals surface area contributed by atoms with Crippen molar-refractivity contribution in [2.45, 2.75) is 38.6 Å². The normalized spacial score (nSPS) is 12.2. The van der Waals surface area contributed by atoms with Gasteiger partial charge in [0, 0.05) is 23.2 Å². The van der Waals surface area contributed by atoms with Gasteiger partial charge in [0.05, 0.1) is 0 Å². The molecule has 1 heterocycles. The molecule has 0 spiro atoms. The van der Waals surface area contributed by atoms with E-state index in [9.17, 15) is 14.7 Å². The smallest absolute Gasteiger partial charge is 0.330 e. The molecule has 1 aromatic heterocycles. The fraction of sp³-hybridized carbons (Fsp3) is 0.375. The Morgan fingerprint density at radius 3 is 2.50 bits per heavy atom. The number of hydrogen-bond donors (Lipinski definition) is 2. The molecule has 0 aliphatic carbocycles. The summed E-state index contributed by atoms with van der Waals surface area (Å²) in [7, 11) is 0. The molecule has 2 rings (SSSR count). The minimum Gasteiger partial charge on any atom is -0.479 e. The summed E-state index contributed by atoms with van der Waals surface area (Å²) >= 11 is 3.29. The molecule has 0 aliphatic heterocycles. The number of aliphatic carboxylic acids is 1. The van der Waals surface area contributed by atoms with Gasteiger partial charge in [0.25, 0.3) is 0 Å². The maximum atomic E-state index is 12.0. The first kappa shape index (κ1) is 18.1. The van der Waals surface area contributed by atoms with E-state index in [1.54, 1.807) is 24.3 Å². The Kier molecular flexibility index (Phi) is 6.08. The zero-order chi connectivity index (χ0) is 17.7. The van der Waals surface area contributed by atoms with Crippen molar-refractivity contribution in [2.24, 2.45) is 0 Å². The van der Waals surface area contributed by atoms with Crippen LogP contribution in [0.1, 0.15) is 49.5 Å². The number of nitrogens with zero attached hydrogens (tertiary/aromatic N) is 2. The fourth-order valence-corrected chi connectivity index (χ4v) is 2.26. The van der Waals surface area contributed by atoms with Crippen molar-refractivity contribution < 1.29 is 19.2 Å². The molecule has 1 unspecified atom stereocenters. The average Bonchev–Trinajstić information content (AvgIpc) is 3.00. The van der Waals surface area contributed by atoms with Crippen LogP contribution in [-0.4, -0.2) is 27.1 Å². The number of carbonyl (C=O) groups excluding carboxylic acids is 1. The maximum absolute atomic E-state index is 12.0. The number of aromatic nitrogens is 2. The lowest BCUT2D eigenvalue weighted by Crippen LogP contribution is -2.33. The number of hydrogen-bond acceptors (Lipinski definition) is 5. The molecule has 0 radical (unpaired) electrons. The molecular formula is C16H18BrN3O4. The van der Waals surface area contributed by atoms with Crippen molar-refractivity contribution in [2.75, 3.05) is 0 Å². The predicted molar refractivity (Wildman–Crippen MR) is 89.4 cm³/mol. The molecule has 8 heteroatoms. The number of carboxylic acid groups (broad SMARTS) is 1. The first-order valence-electron chi connectivity index (χ1n) is 7.47. The third-order valence-electron chi connectivity index (χ3n) is 3.32. The van der Waals surface area contributed by atoms with Crippen LogP contribution in [0.4, 0.5) is 0 Å². The highest BCUT2D eigenvalue weighted by Gasteiger charge is 2.22. The van der Waals surface area contributed by atoms with Crippen molar-refractivity contribution in [3.63, 3.8) is 0 Å². The summed E-state index contributed by atoms with van der Waals surface area (Å²) in [5, 5.41) is 15.7. The molecule has 0 fully saturated rings. The minimum absolute atomic E-state index is 0.0695. The molecule has 2 aromatic rings. The van der Waals surface area contributed by atoms with Gasteiger partial charge in [-0.25, -0.2) is 4.79 Å². The molecule has 2 N–H and O–H groups in total. The monoisotopic (exact) mass is 395 g/mol. The summed E-state index contributed by atoms with van der Waals surface area (Å²) in [6.45, 7) is 3.88. The highest BCUT2D eigenvalue weighted by molar-refractivity contribution is 9.10. The van der Waals surface area contributed by atoms with Crippen LogP contribution in [0.3, 0.4) is 0 Å². The van der Waals surface area contributed by atoms with Gasteiger partial charge >= 0.3 is 5.97 Å². The van der Waals surface area contributed by atoms with E-state index in [1.165, 1.54) is 0 Å². The molecule has 24 heavy (non-hydrogen) atoms. The Morgan fingerprint density at radius 1 is 1.29 bits per heavy atom. The average molecular weight is 396 g/mol. The lowest BCUT2D eigenvalue weighted by molar-refractivity contribution is -0.142. The zero-order valence-corrected chi connectivity index (χ0v) is 14.9. The Labute approximate surface area is 147 Å². The van der Waals surface area contributed by atoms with Gasteiger partial charge in [-0.3, -0.25) is 4.79 Å². The zero-order valence-electron chi connectivity index (χ0n) is 13.3. The van der Waals surface area contributed by atoms with Crippen LogP contribution in [0.5, 0.6) is 0 Å². The molecule has 1 atom stereocenters. The summed E-state index contributed by atoms with van der Waals surface area (Å²) in [4.78, 5) is 27.6. The van der Waals surface area contributed by atoms with E-state index in [2.05, 4.69) is 31.4 Å². The Balaban J connectivity index is 1.95. The highest BCUT2D eigenvalue weighted by atomic mass is 79.9. The molecule has 7 nitrogen and oxygen atoms in total. The van der Waals surface area contributed by atoms with E-state index >= 15 is 0 Å². The quantitative estimate of drug-likeness (QED) is 0.746. The second-order valence-corrected chi connectivity index (χ2v) is 6.51. The van der Waals surface area contributed by atoms with Crippen molar-refractivity contribution in [3.8, 4) is 0 Å². The highest BCUT2D eigenvalue weighted by Crippen LogP contribution is 2.18. The van der Waals surface area contributed by atoms with E-state index in [0.717, 1.165) is 4.47 Å². The Morgan fingerprint density at radius 2 is 1.96 bits per heavy atom. The van der Waals surface area contributed by atoms with Crippen molar-refractivity contribution in [1.82, 2.24) is 15.5 Å². The number of carbonyl (C=O) groups is 2. The van der Waals surface area contributed by atoms with Gasteiger partial charge in [0.15, 0.2) is 11.9 Å². The number of benzene rings is 1. The number of carboxylic acids is 1. The summed E-state index contributed by atoms with van der Waals surface area (Å²) in [6, 6.07) is 5.65.